The van der Waals surface area contributed by atoms with Gasteiger partial charge in [-0.05, 0) is 36.2 Å². The molecule has 1 heterocycles. The normalized spacial score (nSPS) is 12.3. The quantitative estimate of drug-likeness (QED) is 0.569. The van der Waals surface area contributed by atoms with E-state index >= 15 is 0 Å². The average molecular weight is 421 g/mol. The molecule has 0 aliphatic rings. The number of hydrogen-bond acceptors (Lipinski definition) is 3. The fourth-order valence-corrected chi connectivity index (χ4v) is 2.90. The molecule has 0 radical (unpaired) electrons. The summed E-state index contributed by atoms with van der Waals surface area (Å²) >= 11 is 5.58. The molecule has 0 bridgehead atoms. The van der Waals surface area contributed by atoms with Crippen molar-refractivity contribution >= 4 is 23.3 Å². The molecular weight excluding hydrogens is 405 g/mol. The highest BCUT2D eigenvalue weighted by atomic mass is 35.5. The maximum absolute atomic E-state index is 12.9. The fraction of sp³-hybridized carbons (Fsp3) is 0.150. The zero-order valence-corrected chi connectivity index (χ0v) is 15.9. The SMILES string of the molecule is CC(NC(=O)Nc1ccc(Cl)c(C(F)(F)F)c1)c1ccc(-c2cncnc2)cc1. The molecule has 29 heavy (non-hydrogen) atoms. The summed E-state index contributed by atoms with van der Waals surface area (Å²) in [6.07, 6.45) is 0.224. The van der Waals surface area contributed by atoms with Crippen molar-refractivity contribution in [1.29, 1.82) is 0 Å². The lowest BCUT2D eigenvalue weighted by Crippen LogP contribution is -2.31. The molecule has 2 aromatic carbocycles. The van der Waals surface area contributed by atoms with Gasteiger partial charge in [-0.1, -0.05) is 35.9 Å². The molecule has 0 saturated carbocycles. The van der Waals surface area contributed by atoms with Crippen LogP contribution in [0.15, 0.2) is 61.2 Å². The maximum Gasteiger partial charge on any atom is 0.417 e. The Kier molecular flexibility index (Phi) is 6.03. The van der Waals surface area contributed by atoms with E-state index in [1.807, 2.05) is 24.3 Å². The maximum atomic E-state index is 12.9. The number of halogens is 4. The highest BCUT2D eigenvalue weighted by molar-refractivity contribution is 6.31. The summed E-state index contributed by atoms with van der Waals surface area (Å²) in [5.74, 6) is 0. The van der Waals surface area contributed by atoms with Crippen LogP contribution in [-0.4, -0.2) is 16.0 Å². The van der Waals surface area contributed by atoms with Gasteiger partial charge in [0.2, 0.25) is 0 Å². The summed E-state index contributed by atoms with van der Waals surface area (Å²) in [4.78, 5) is 20.1. The standard InChI is InChI=1S/C20H16ClF3N4O/c1-12(13-2-4-14(5-3-13)15-9-25-11-26-10-15)27-19(29)28-16-6-7-18(21)17(8-16)20(22,23)24/h2-12H,1H3,(H2,27,28,29). The van der Waals surface area contributed by atoms with E-state index in [9.17, 15) is 18.0 Å². The molecule has 3 rings (SSSR count). The first-order valence-electron chi connectivity index (χ1n) is 8.53. The van der Waals surface area contributed by atoms with Gasteiger partial charge in [-0.25, -0.2) is 14.8 Å². The molecule has 1 unspecified atom stereocenters. The number of aromatic nitrogens is 2. The zero-order chi connectivity index (χ0) is 21.0. The zero-order valence-electron chi connectivity index (χ0n) is 15.2. The first kappa shape index (κ1) is 20.6. The number of nitrogens with one attached hydrogen (secondary N) is 2. The van der Waals surface area contributed by atoms with Crippen LogP contribution >= 0.6 is 11.6 Å². The Labute approximate surface area is 170 Å². The number of amides is 2. The number of rotatable bonds is 4. The fourth-order valence-electron chi connectivity index (χ4n) is 2.68. The van der Waals surface area contributed by atoms with Crippen molar-refractivity contribution < 1.29 is 18.0 Å². The van der Waals surface area contributed by atoms with Crippen LogP contribution in [0.2, 0.25) is 5.02 Å². The minimum Gasteiger partial charge on any atom is -0.331 e. The predicted octanol–water partition coefficient (Wildman–Crippen LogP) is 5.70. The van der Waals surface area contributed by atoms with Crippen LogP contribution < -0.4 is 10.6 Å². The first-order chi connectivity index (χ1) is 13.7. The molecule has 9 heteroatoms. The number of urea groups is 1. The topological polar surface area (TPSA) is 66.9 Å². The molecule has 0 spiro atoms. The molecule has 2 N–H and O–H groups in total. The number of anilines is 1. The van der Waals surface area contributed by atoms with Crippen molar-refractivity contribution in [2.24, 2.45) is 0 Å². The molecule has 0 aliphatic heterocycles. The van der Waals surface area contributed by atoms with Crippen molar-refractivity contribution in [2.45, 2.75) is 19.1 Å². The summed E-state index contributed by atoms with van der Waals surface area (Å²) in [5, 5.41) is 4.65. The smallest absolute Gasteiger partial charge is 0.331 e. The Morgan fingerprint density at radius 1 is 1.03 bits per heavy atom. The van der Waals surface area contributed by atoms with E-state index in [1.54, 1.807) is 19.3 Å². The molecule has 0 fully saturated rings. The second-order valence-electron chi connectivity index (χ2n) is 6.26. The number of hydrogen-bond donors (Lipinski definition) is 2. The lowest BCUT2D eigenvalue weighted by Gasteiger charge is -2.16. The minimum atomic E-state index is -4.61. The number of benzene rings is 2. The van der Waals surface area contributed by atoms with Crippen LogP contribution in [0.4, 0.5) is 23.7 Å². The summed E-state index contributed by atoms with van der Waals surface area (Å²) in [7, 11) is 0. The van der Waals surface area contributed by atoms with Gasteiger partial charge in [-0.3, -0.25) is 0 Å². The van der Waals surface area contributed by atoms with Gasteiger partial charge in [0.05, 0.1) is 16.6 Å². The van der Waals surface area contributed by atoms with Gasteiger partial charge in [0.15, 0.2) is 0 Å². The molecule has 150 valence electrons. The van der Waals surface area contributed by atoms with Gasteiger partial charge in [0.25, 0.3) is 0 Å². The van der Waals surface area contributed by atoms with Gasteiger partial charge < -0.3 is 10.6 Å². The van der Waals surface area contributed by atoms with E-state index in [1.165, 1.54) is 12.4 Å². The Morgan fingerprint density at radius 3 is 2.31 bits per heavy atom. The number of nitrogens with zero attached hydrogens (tertiary/aromatic N) is 2. The number of carbonyl (C=O) groups excluding carboxylic acids is 1. The summed E-state index contributed by atoms with van der Waals surface area (Å²) in [6.45, 7) is 1.77. The Hall–Kier alpha value is -3.13. The van der Waals surface area contributed by atoms with Crippen molar-refractivity contribution in [3.8, 4) is 11.1 Å². The third-order valence-electron chi connectivity index (χ3n) is 4.18. The molecule has 1 atom stereocenters. The Morgan fingerprint density at radius 2 is 1.69 bits per heavy atom. The van der Waals surface area contributed by atoms with E-state index in [-0.39, 0.29) is 11.7 Å². The van der Waals surface area contributed by atoms with Crippen molar-refractivity contribution in [3.63, 3.8) is 0 Å². The van der Waals surface area contributed by atoms with Crippen LogP contribution in [0.5, 0.6) is 0 Å². The average Bonchev–Trinajstić information content (AvgIpc) is 2.69. The summed E-state index contributed by atoms with van der Waals surface area (Å²) < 4.78 is 38.8. The van der Waals surface area contributed by atoms with Crippen molar-refractivity contribution in [2.75, 3.05) is 5.32 Å². The lowest BCUT2D eigenvalue weighted by atomic mass is 10.0. The Bertz CT molecular complexity index is 995. The second kappa shape index (κ2) is 8.48. The van der Waals surface area contributed by atoms with Crippen molar-refractivity contribution in [1.82, 2.24) is 15.3 Å². The van der Waals surface area contributed by atoms with Gasteiger partial charge in [-0.15, -0.1) is 0 Å². The molecular formula is C20H16ClF3N4O. The molecule has 2 amide bonds. The highest BCUT2D eigenvalue weighted by Gasteiger charge is 2.33. The minimum absolute atomic E-state index is 0.00847. The van der Waals surface area contributed by atoms with E-state index < -0.39 is 22.8 Å². The number of alkyl halides is 3. The lowest BCUT2D eigenvalue weighted by molar-refractivity contribution is -0.137. The summed E-state index contributed by atoms with van der Waals surface area (Å²) in [6, 6.07) is 9.63. The first-order valence-corrected chi connectivity index (χ1v) is 8.91. The van der Waals surface area contributed by atoms with Crippen LogP contribution in [0.3, 0.4) is 0 Å². The molecule has 0 saturated heterocycles. The van der Waals surface area contributed by atoms with Crippen LogP contribution in [0, 0.1) is 0 Å². The van der Waals surface area contributed by atoms with E-state index in [4.69, 9.17) is 11.6 Å². The van der Waals surface area contributed by atoms with Crippen LogP contribution in [0.1, 0.15) is 24.1 Å². The summed E-state index contributed by atoms with van der Waals surface area (Å²) in [5.41, 5.74) is 1.59. The molecule has 0 aliphatic carbocycles. The van der Waals surface area contributed by atoms with Crippen molar-refractivity contribution in [3.05, 3.63) is 77.3 Å². The van der Waals surface area contributed by atoms with Gasteiger partial charge >= 0.3 is 12.2 Å². The van der Waals surface area contributed by atoms with E-state index in [0.29, 0.717) is 0 Å². The molecule has 1 aromatic heterocycles. The van der Waals surface area contributed by atoms with Crippen LogP contribution in [-0.2, 0) is 6.18 Å². The van der Waals surface area contributed by atoms with E-state index in [0.717, 1.165) is 28.8 Å². The third kappa shape index (κ3) is 5.23. The van der Waals surface area contributed by atoms with Crippen LogP contribution in [0.25, 0.3) is 11.1 Å². The van der Waals surface area contributed by atoms with Gasteiger partial charge in [0, 0.05) is 23.6 Å². The Balaban J connectivity index is 1.65. The molecule has 3 aromatic rings. The predicted molar refractivity (Wildman–Crippen MR) is 104 cm³/mol. The van der Waals surface area contributed by atoms with Gasteiger partial charge in [-0.2, -0.15) is 13.2 Å². The van der Waals surface area contributed by atoms with E-state index in [2.05, 4.69) is 20.6 Å². The monoisotopic (exact) mass is 420 g/mol. The second-order valence-corrected chi connectivity index (χ2v) is 6.67. The number of carbonyl (C=O) groups is 1. The largest absolute Gasteiger partial charge is 0.417 e. The highest BCUT2D eigenvalue weighted by Crippen LogP contribution is 2.36. The molecule has 5 nitrogen and oxygen atoms in total. The third-order valence-corrected chi connectivity index (χ3v) is 4.51. The van der Waals surface area contributed by atoms with Gasteiger partial charge in [0.1, 0.15) is 6.33 Å².